The molecule has 0 radical (unpaired) electrons. The first kappa shape index (κ1) is 13.0. The number of rotatable bonds is 2. The monoisotopic (exact) mass is 240 g/mol. The van der Waals surface area contributed by atoms with Gasteiger partial charge in [0.1, 0.15) is 0 Å². The summed E-state index contributed by atoms with van der Waals surface area (Å²) in [4.78, 5) is 0. The molecule has 1 rings (SSSR count). The van der Waals surface area contributed by atoms with E-state index in [1.165, 1.54) is 0 Å². The lowest BCUT2D eigenvalue weighted by molar-refractivity contribution is 0.603. The number of hydrogen-bond donors (Lipinski definition) is 2. The van der Waals surface area contributed by atoms with E-state index in [9.17, 15) is 0 Å². The fraction of sp³-hybridized carbons (Fsp3) is 0.250. The van der Waals surface area contributed by atoms with E-state index in [1.807, 2.05) is 13.0 Å². The van der Waals surface area contributed by atoms with Crippen LogP contribution in [-0.4, -0.2) is 0 Å². The fourth-order valence-electron chi connectivity index (χ4n) is 0.942. The zero-order chi connectivity index (χ0) is 9.14. The second-order valence-corrected chi connectivity index (χ2v) is 3.40. The SMILES string of the molecule is CC(NN)c1ccc(Cl)cc1Cl.Cl. The molecule has 0 heterocycles. The fourth-order valence-corrected chi connectivity index (χ4v) is 1.51. The third kappa shape index (κ3) is 3.33. The smallest absolute Gasteiger partial charge is 0.0469 e. The standard InChI is InChI=1S/C8H10Cl2N2.ClH/c1-5(12-11)7-3-2-6(9)4-8(7)10;/h2-5,12H,11H2,1H3;1H. The maximum Gasteiger partial charge on any atom is 0.0469 e. The topological polar surface area (TPSA) is 38.0 Å². The lowest BCUT2D eigenvalue weighted by Gasteiger charge is -2.11. The lowest BCUT2D eigenvalue weighted by Crippen LogP contribution is -2.25. The highest BCUT2D eigenvalue weighted by Gasteiger charge is 2.07. The molecule has 1 atom stereocenters. The van der Waals surface area contributed by atoms with Gasteiger partial charge in [-0.15, -0.1) is 12.4 Å². The molecule has 0 aliphatic heterocycles. The molecule has 0 aliphatic carbocycles. The van der Waals surface area contributed by atoms with E-state index in [2.05, 4.69) is 5.43 Å². The van der Waals surface area contributed by atoms with Gasteiger partial charge in [-0.2, -0.15) is 0 Å². The van der Waals surface area contributed by atoms with Crippen LogP contribution in [0.3, 0.4) is 0 Å². The largest absolute Gasteiger partial charge is 0.271 e. The third-order valence-corrected chi connectivity index (χ3v) is 2.24. The summed E-state index contributed by atoms with van der Waals surface area (Å²) in [5.74, 6) is 5.27. The molecule has 0 bridgehead atoms. The van der Waals surface area contributed by atoms with Gasteiger partial charge in [0.2, 0.25) is 0 Å². The van der Waals surface area contributed by atoms with Crippen molar-refractivity contribution in [1.29, 1.82) is 0 Å². The Labute approximate surface area is 93.8 Å². The van der Waals surface area contributed by atoms with Crippen LogP contribution >= 0.6 is 35.6 Å². The predicted octanol–water partition coefficient (Wildman–Crippen LogP) is 2.94. The Morgan fingerprint density at radius 1 is 1.38 bits per heavy atom. The Hall–Kier alpha value is 0.01000. The Balaban J connectivity index is 0.00000144. The molecule has 0 amide bonds. The van der Waals surface area contributed by atoms with Crippen molar-refractivity contribution < 1.29 is 0 Å². The molecule has 1 aromatic carbocycles. The van der Waals surface area contributed by atoms with Crippen LogP contribution in [0.5, 0.6) is 0 Å². The third-order valence-electron chi connectivity index (χ3n) is 1.68. The number of nitrogens with two attached hydrogens (primary N) is 1. The van der Waals surface area contributed by atoms with Gasteiger partial charge in [0.15, 0.2) is 0 Å². The van der Waals surface area contributed by atoms with Crippen LogP contribution in [-0.2, 0) is 0 Å². The first-order valence-electron chi connectivity index (χ1n) is 3.56. The van der Waals surface area contributed by atoms with E-state index in [0.29, 0.717) is 10.0 Å². The van der Waals surface area contributed by atoms with Crippen molar-refractivity contribution in [3.8, 4) is 0 Å². The van der Waals surface area contributed by atoms with Crippen LogP contribution in [0.2, 0.25) is 10.0 Å². The van der Waals surface area contributed by atoms with Crippen molar-refractivity contribution in [2.24, 2.45) is 5.84 Å². The molecule has 13 heavy (non-hydrogen) atoms. The quantitative estimate of drug-likeness (QED) is 0.617. The van der Waals surface area contributed by atoms with E-state index in [4.69, 9.17) is 29.0 Å². The number of benzene rings is 1. The average molecular weight is 242 g/mol. The van der Waals surface area contributed by atoms with Crippen molar-refractivity contribution in [2.75, 3.05) is 0 Å². The highest BCUT2D eigenvalue weighted by Crippen LogP contribution is 2.25. The zero-order valence-electron chi connectivity index (χ0n) is 7.05. The van der Waals surface area contributed by atoms with Gasteiger partial charge in [-0.25, -0.2) is 0 Å². The molecule has 5 heteroatoms. The highest BCUT2D eigenvalue weighted by atomic mass is 35.5. The molecular weight excluding hydrogens is 230 g/mol. The summed E-state index contributed by atoms with van der Waals surface area (Å²) in [5.41, 5.74) is 3.56. The van der Waals surface area contributed by atoms with Gasteiger partial charge < -0.3 is 0 Å². The van der Waals surface area contributed by atoms with Crippen LogP contribution < -0.4 is 11.3 Å². The van der Waals surface area contributed by atoms with Crippen LogP contribution in [0.25, 0.3) is 0 Å². The average Bonchev–Trinajstić information content (AvgIpc) is 2.03. The van der Waals surface area contributed by atoms with Crippen molar-refractivity contribution >= 4 is 35.6 Å². The molecular formula is C8H11Cl3N2. The second kappa shape index (κ2) is 5.68. The van der Waals surface area contributed by atoms with Crippen LogP contribution in [0.4, 0.5) is 0 Å². The minimum atomic E-state index is 0. The van der Waals surface area contributed by atoms with Crippen molar-refractivity contribution in [1.82, 2.24) is 5.43 Å². The molecule has 0 saturated carbocycles. The molecule has 1 aromatic rings. The summed E-state index contributed by atoms with van der Waals surface area (Å²) < 4.78 is 0. The molecule has 0 spiro atoms. The Kier molecular flexibility index (Phi) is 5.68. The van der Waals surface area contributed by atoms with Gasteiger partial charge in [-0.1, -0.05) is 29.3 Å². The summed E-state index contributed by atoms with van der Waals surface area (Å²) in [6.45, 7) is 1.93. The number of hydrazine groups is 1. The first-order valence-corrected chi connectivity index (χ1v) is 4.32. The Morgan fingerprint density at radius 2 is 2.00 bits per heavy atom. The maximum absolute atomic E-state index is 5.92. The van der Waals surface area contributed by atoms with E-state index < -0.39 is 0 Å². The van der Waals surface area contributed by atoms with Crippen molar-refractivity contribution in [3.63, 3.8) is 0 Å². The van der Waals surface area contributed by atoms with Crippen LogP contribution in [0.1, 0.15) is 18.5 Å². The Morgan fingerprint density at radius 3 is 2.46 bits per heavy atom. The molecule has 0 aliphatic rings. The van der Waals surface area contributed by atoms with E-state index in [-0.39, 0.29) is 18.4 Å². The second-order valence-electron chi connectivity index (χ2n) is 2.55. The zero-order valence-corrected chi connectivity index (χ0v) is 9.38. The van der Waals surface area contributed by atoms with Crippen molar-refractivity contribution in [3.05, 3.63) is 33.8 Å². The minimum Gasteiger partial charge on any atom is -0.271 e. The number of hydrogen-bond acceptors (Lipinski definition) is 2. The number of halogens is 3. The van der Waals surface area contributed by atoms with Crippen LogP contribution in [0.15, 0.2) is 18.2 Å². The van der Waals surface area contributed by atoms with Gasteiger partial charge in [-0.05, 0) is 24.6 Å². The molecule has 3 N–H and O–H groups in total. The van der Waals surface area contributed by atoms with Crippen molar-refractivity contribution in [2.45, 2.75) is 13.0 Å². The first-order chi connectivity index (χ1) is 5.65. The van der Waals surface area contributed by atoms with E-state index in [0.717, 1.165) is 5.56 Å². The molecule has 1 unspecified atom stereocenters. The van der Waals surface area contributed by atoms with Gasteiger partial charge in [0.25, 0.3) is 0 Å². The maximum atomic E-state index is 5.92. The minimum absolute atomic E-state index is 0. The molecule has 74 valence electrons. The summed E-state index contributed by atoms with van der Waals surface area (Å²) >= 11 is 11.7. The summed E-state index contributed by atoms with van der Waals surface area (Å²) in [6, 6.07) is 5.38. The Bertz CT molecular complexity index is 278. The highest BCUT2D eigenvalue weighted by molar-refractivity contribution is 6.35. The summed E-state index contributed by atoms with van der Waals surface area (Å²) in [7, 11) is 0. The summed E-state index contributed by atoms with van der Waals surface area (Å²) in [5, 5.41) is 1.26. The van der Waals surface area contributed by atoms with Gasteiger partial charge >= 0.3 is 0 Å². The lowest BCUT2D eigenvalue weighted by atomic mass is 10.1. The summed E-state index contributed by atoms with van der Waals surface area (Å²) in [6.07, 6.45) is 0. The van der Waals surface area contributed by atoms with E-state index in [1.54, 1.807) is 12.1 Å². The molecule has 0 aromatic heterocycles. The molecule has 2 nitrogen and oxygen atoms in total. The molecule has 0 saturated heterocycles. The van der Waals surface area contributed by atoms with Crippen LogP contribution in [0, 0.1) is 0 Å². The van der Waals surface area contributed by atoms with Gasteiger partial charge in [0.05, 0.1) is 0 Å². The number of nitrogens with one attached hydrogen (secondary N) is 1. The normalized spacial score (nSPS) is 12.0. The van der Waals surface area contributed by atoms with E-state index >= 15 is 0 Å². The predicted molar refractivity (Wildman–Crippen MR) is 59.4 cm³/mol. The van der Waals surface area contributed by atoms with Gasteiger partial charge in [-0.3, -0.25) is 11.3 Å². The molecule has 0 fully saturated rings. The van der Waals surface area contributed by atoms with Gasteiger partial charge in [0, 0.05) is 16.1 Å².